The zero-order chi connectivity index (χ0) is 21.4. The Hall–Kier alpha value is -2.16. The summed E-state index contributed by atoms with van der Waals surface area (Å²) >= 11 is 0. The van der Waals surface area contributed by atoms with Gasteiger partial charge in [0.25, 0.3) is 0 Å². The lowest BCUT2D eigenvalue weighted by Gasteiger charge is -2.40. The predicted octanol–water partition coefficient (Wildman–Crippen LogP) is 1.52. The topological polar surface area (TPSA) is 91.5 Å². The monoisotopic (exact) mass is 415 g/mol. The van der Waals surface area contributed by atoms with Crippen LogP contribution in [0.2, 0.25) is 0 Å². The van der Waals surface area contributed by atoms with E-state index in [1.54, 1.807) is 4.57 Å². The Morgan fingerprint density at radius 2 is 1.80 bits per heavy atom. The molecule has 4 atom stereocenters. The Morgan fingerprint density at radius 1 is 1.17 bits per heavy atom. The van der Waals surface area contributed by atoms with Crippen LogP contribution in [0, 0.1) is 0 Å². The highest BCUT2D eigenvalue weighted by Gasteiger charge is 2.41. The van der Waals surface area contributed by atoms with Crippen molar-refractivity contribution in [2.24, 2.45) is 0 Å². The fraction of sp³-hybridized carbons (Fsp3) is 0.636. The van der Waals surface area contributed by atoms with Crippen molar-refractivity contribution >= 4 is 17.1 Å². The minimum Gasteiger partial charge on any atom is -0.390 e. The van der Waals surface area contributed by atoms with Gasteiger partial charge in [-0.15, -0.1) is 0 Å². The van der Waals surface area contributed by atoms with Gasteiger partial charge in [-0.25, -0.2) is 14.2 Å². The summed E-state index contributed by atoms with van der Waals surface area (Å²) in [7, 11) is 1.85. The molecule has 0 spiro atoms. The molecule has 0 aliphatic carbocycles. The van der Waals surface area contributed by atoms with Crippen molar-refractivity contribution in [3.05, 3.63) is 34.7 Å². The smallest absolute Gasteiger partial charge is 0.337 e. The Morgan fingerprint density at radius 3 is 2.40 bits per heavy atom. The third-order valence-corrected chi connectivity index (χ3v) is 6.57. The highest BCUT2D eigenvalue weighted by atomic mass is 16.3. The number of nitrogens with one attached hydrogen (secondary N) is 2. The van der Waals surface area contributed by atoms with Gasteiger partial charge in [-0.3, -0.25) is 9.47 Å². The van der Waals surface area contributed by atoms with Crippen molar-refractivity contribution in [1.29, 1.82) is 0 Å². The van der Waals surface area contributed by atoms with Gasteiger partial charge in [-0.05, 0) is 58.7 Å². The average molecular weight is 416 g/mol. The largest absolute Gasteiger partial charge is 0.390 e. The molecular formula is C22H33N5O3. The first-order chi connectivity index (χ1) is 14.4. The molecule has 2 aromatic rings. The number of piperidine rings is 1. The van der Waals surface area contributed by atoms with E-state index in [2.05, 4.69) is 15.5 Å². The zero-order valence-corrected chi connectivity index (χ0v) is 18.0. The molecule has 0 radical (unpaired) electrons. The standard InChI is InChI=1S/C22H33N5O3/c1-14(2)26-19-6-4-5-7-20(19)27(22(26)30)21(29)24-15-10-16-8-9-17(11-15)25(16)13-18(28)12-23-3/h4-7,14-18,23,28H,8-13H2,1-3H3,(H,24,29)/t15-,16-,17+,18-/m0/s1. The summed E-state index contributed by atoms with van der Waals surface area (Å²) in [6.45, 7) is 5.15. The number of nitrogens with zero attached hydrogens (tertiary/aromatic N) is 3. The predicted molar refractivity (Wildman–Crippen MR) is 117 cm³/mol. The summed E-state index contributed by atoms with van der Waals surface area (Å²) in [5.41, 5.74) is 1.13. The molecule has 4 rings (SSSR count). The molecule has 2 fully saturated rings. The number of likely N-dealkylation sites (N-methyl/N-ethyl adjacent to an activating group) is 1. The molecule has 8 nitrogen and oxygen atoms in total. The second-order valence-corrected chi connectivity index (χ2v) is 8.98. The van der Waals surface area contributed by atoms with Crippen LogP contribution >= 0.6 is 0 Å². The Kier molecular flexibility index (Phi) is 5.99. The number of aromatic nitrogens is 2. The number of carbonyl (C=O) groups excluding carboxylic acids is 1. The van der Waals surface area contributed by atoms with E-state index in [-0.39, 0.29) is 29.9 Å². The van der Waals surface area contributed by atoms with Crippen molar-refractivity contribution in [3.63, 3.8) is 0 Å². The maximum atomic E-state index is 13.1. The van der Waals surface area contributed by atoms with Crippen LogP contribution in [0.1, 0.15) is 45.6 Å². The third-order valence-electron chi connectivity index (χ3n) is 6.57. The third kappa shape index (κ3) is 3.79. The fourth-order valence-corrected chi connectivity index (χ4v) is 5.34. The van der Waals surface area contributed by atoms with E-state index in [1.165, 1.54) is 4.57 Å². The molecule has 164 valence electrons. The van der Waals surface area contributed by atoms with Crippen molar-refractivity contribution < 1.29 is 9.90 Å². The van der Waals surface area contributed by atoms with E-state index in [9.17, 15) is 14.7 Å². The number of benzene rings is 1. The normalized spacial score (nSPS) is 25.2. The summed E-state index contributed by atoms with van der Waals surface area (Å²) in [5, 5.41) is 16.3. The van der Waals surface area contributed by atoms with E-state index in [1.807, 2.05) is 45.2 Å². The number of rotatable bonds is 6. The van der Waals surface area contributed by atoms with Gasteiger partial charge >= 0.3 is 11.7 Å². The quantitative estimate of drug-likeness (QED) is 0.665. The number of aliphatic hydroxyl groups is 1. The van der Waals surface area contributed by atoms with Gasteiger partial charge in [0.1, 0.15) is 0 Å². The zero-order valence-electron chi connectivity index (χ0n) is 18.0. The summed E-state index contributed by atoms with van der Waals surface area (Å²) in [6, 6.07) is 7.86. The molecule has 2 aliphatic rings. The van der Waals surface area contributed by atoms with Crippen LogP contribution < -0.4 is 16.3 Å². The number of aliphatic hydroxyl groups excluding tert-OH is 1. The van der Waals surface area contributed by atoms with Gasteiger partial charge in [-0.1, -0.05) is 12.1 Å². The van der Waals surface area contributed by atoms with Crippen LogP contribution in [-0.4, -0.2) is 69.5 Å². The average Bonchev–Trinajstić information content (AvgIpc) is 3.10. The van der Waals surface area contributed by atoms with Crippen LogP contribution in [0.25, 0.3) is 11.0 Å². The highest BCUT2D eigenvalue weighted by Crippen LogP contribution is 2.35. The van der Waals surface area contributed by atoms with Gasteiger partial charge < -0.3 is 15.7 Å². The lowest BCUT2D eigenvalue weighted by Crippen LogP contribution is -2.54. The van der Waals surface area contributed by atoms with Gasteiger partial charge in [0.2, 0.25) is 0 Å². The number of fused-ring (bicyclic) bond motifs is 3. The second kappa shape index (κ2) is 8.53. The molecule has 0 saturated carbocycles. The molecule has 1 aromatic carbocycles. The molecule has 2 bridgehead atoms. The Bertz CT molecular complexity index is 951. The number of carbonyl (C=O) groups is 1. The van der Waals surface area contributed by atoms with Gasteiger partial charge in [-0.2, -0.15) is 0 Å². The molecule has 30 heavy (non-hydrogen) atoms. The molecule has 1 amide bonds. The molecular weight excluding hydrogens is 382 g/mol. The first kappa shape index (κ1) is 21.1. The minimum absolute atomic E-state index is 0.0282. The highest BCUT2D eigenvalue weighted by molar-refractivity contribution is 5.89. The van der Waals surface area contributed by atoms with E-state index in [4.69, 9.17) is 0 Å². The van der Waals surface area contributed by atoms with E-state index < -0.39 is 0 Å². The number of hydrogen-bond acceptors (Lipinski definition) is 5. The van der Waals surface area contributed by atoms with Crippen LogP contribution in [0.4, 0.5) is 4.79 Å². The number of imidazole rings is 1. The molecule has 8 heteroatoms. The van der Waals surface area contributed by atoms with Gasteiger partial charge in [0.05, 0.1) is 17.1 Å². The maximum Gasteiger partial charge on any atom is 0.337 e. The van der Waals surface area contributed by atoms with Crippen LogP contribution in [-0.2, 0) is 0 Å². The molecule has 2 aliphatic heterocycles. The van der Waals surface area contributed by atoms with E-state index in [0.717, 1.165) is 31.2 Å². The summed E-state index contributed by atoms with van der Waals surface area (Å²) in [6.07, 6.45) is 3.51. The number of para-hydroxylation sites is 2. The summed E-state index contributed by atoms with van der Waals surface area (Å²) in [5.74, 6) is 0. The first-order valence-electron chi connectivity index (χ1n) is 11.0. The van der Waals surface area contributed by atoms with Crippen LogP contribution in [0.3, 0.4) is 0 Å². The van der Waals surface area contributed by atoms with Crippen molar-refractivity contribution in [2.75, 3.05) is 20.1 Å². The molecule has 1 aromatic heterocycles. The summed E-state index contributed by atoms with van der Waals surface area (Å²) in [4.78, 5) is 28.6. The van der Waals surface area contributed by atoms with E-state index >= 15 is 0 Å². The van der Waals surface area contributed by atoms with Crippen molar-refractivity contribution in [2.45, 2.75) is 69.8 Å². The molecule has 3 N–H and O–H groups in total. The Labute approximate surface area is 176 Å². The summed E-state index contributed by atoms with van der Waals surface area (Å²) < 4.78 is 2.95. The maximum absolute atomic E-state index is 13.1. The Balaban J connectivity index is 1.50. The first-order valence-corrected chi connectivity index (χ1v) is 11.0. The van der Waals surface area contributed by atoms with Crippen LogP contribution in [0.15, 0.2) is 29.1 Å². The van der Waals surface area contributed by atoms with Crippen LogP contribution in [0.5, 0.6) is 0 Å². The lowest BCUT2D eigenvalue weighted by molar-refractivity contribution is 0.0543. The van der Waals surface area contributed by atoms with Gasteiger partial charge in [0.15, 0.2) is 0 Å². The van der Waals surface area contributed by atoms with E-state index in [0.29, 0.717) is 30.7 Å². The molecule has 3 heterocycles. The number of amides is 1. The lowest BCUT2D eigenvalue weighted by atomic mass is 9.97. The van der Waals surface area contributed by atoms with Crippen molar-refractivity contribution in [1.82, 2.24) is 24.7 Å². The van der Waals surface area contributed by atoms with Crippen molar-refractivity contribution in [3.8, 4) is 0 Å². The minimum atomic E-state index is -0.384. The fourth-order valence-electron chi connectivity index (χ4n) is 5.34. The SMILES string of the molecule is CNC[C@H](O)CN1[C@@H]2CC[C@H]1C[C@H](NC(=O)n1c(=O)n(C(C)C)c3ccccc31)C2. The van der Waals surface area contributed by atoms with Gasteiger partial charge in [0, 0.05) is 37.3 Å². The molecule has 0 unspecified atom stereocenters. The number of hydrogen-bond donors (Lipinski definition) is 3. The second-order valence-electron chi connectivity index (χ2n) is 8.98. The molecule has 2 saturated heterocycles.